The van der Waals surface area contributed by atoms with Gasteiger partial charge in [-0.3, -0.25) is 9.59 Å². The first-order valence-electron chi connectivity index (χ1n) is 9.87. The highest BCUT2D eigenvalue weighted by Crippen LogP contribution is 2.47. The monoisotopic (exact) mass is 428 g/mol. The molecule has 1 heterocycles. The van der Waals surface area contributed by atoms with Crippen LogP contribution in [0.15, 0.2) is 54.2 Å². The fraction of sp³-hybridized carbons (Fsp3) is 0.304. The second-order valence-electron chi connectivity index (χ2n) is 7.41. The lowest BCUT2D eigenvalue weighted by Gasteiger charge is -2.37. The SMILES string of the molecule is CCCC(=O)N1c2ccccc2NC2=CCCC(=O)[C@@H]2[C@@H]1c1ccc(Cl)cc1Cl. The van der Waals surface area contributed by atoms with Gasteiger partial charge in [-0.2, -0.15) is 0 Å². The average Bonchev–Trinajstić information content (AvgIpc) is 2.83. The van der Waals surface area contributed by atoms with E-state index >= 15 is 0 Å². The third-order valence-corrected chi connectivity index (χ3v) is 6.05. The molecule has 2 aliphatic rings. The van der Waals surface area contributed by atoms with E-state index in [1.807, 2.05) is 37.3 Å². The molecule has 0 fully saturated rings. The van der Waals surface area contributed by atoms with Gasteiger partial charge in [-0.25, -0.2) is 0 Å². The molecule has 29 heavy (non-hydrogen) atoms. The zero-order chi connectivity index (χ0) is 20.5. The molecule has 6 heteroatoms. The number of para-hydroxylation sites is 2. The fourth-order valence-electron chi connectivity index (χ4n) is 4.23. The number of anilines is 2. The van der Waals surface area contributed by atoms with Crippen LogP contribution in [0.1, 0.15) is 44.2 Å². The lowest BCUT2D eigenvalue weighted by Crippen LogP contribution is -2.42. The number of halogens is 2. The second kappa shape index (κ2) is 8.21. The molecule has 0 aromatic heterocycles. The Labute approximate surface area is 180 Å². The highest BCUT2D eigenvalue weighted by Gasteiger charge is 2.43. The molecule has 0 spiro atoms. The van der Waals surface area contributed by atoms with Crippen LogP contribution in [-0.2, 0) is 9.59 Å². The van der Waals surface area contributed by atoms with Crippen molar-refractivity contribution in [3.05, 3.63) is 69.8 Å². The van der Waals surface area contributed by atoms with Crippen LogP contribution in [-0.4, -0.2) is 11.7 Å². The van der Waals surface area contributed by atoms with Crippen molar-refractivity contribution in [1.29, 1.82) is 0 Å². The van der Waals surface area contributed by atoms with Gasteiger partial charge < -0.3 is 10.2 Å². The first-order valence-corrected chi connectivity index (χ1v) is 10.6. The van der Waals surface area contributed by atoms with Gasteiger partial charge in [-0.15, -0.1) is 0 Å². The fourth-order valence-corrected chi connectivity index (χ4v) is 4.75. The predicted molar refractivity (Wildman–Crippen MR) is 117 cm³/mol. The lowest BCUT2D eigenvalue weighted by molar-refractivity contribution is -0.123. The van der Waals surface area contributed by atoms with Crippen LogP contribution in [0.25, 0.3) is 0 Å². The van der Waals surface area contributed by atoms with Crippen LogP contribution in [0.3, 0.4) is 0 Å². The van der Waals surface area contributed by atoms with Gasteiger partial charge in [0.05, 0.1) is 23.3 Å². The van der Waals surface area contributed by atoms with Crippen LogP contribution >= 0.6 is 23.2 Å². The van der Waals surface area contributed by atoms with Gasteiger partial charge >= 0.3 is 0 Å². The molecule has 4 rings (SSSR count). The van der Waals surface area contributed by atoms with Crippen molar-refractivity contribution in [1.82, 2.24) is 0 Å². The van der Waals surface area contributed by atoms with Gasteiger partial charge in [0.25, 0.3) is 0 Å². The molecule has 1 aliphatic carbocycles. The molecule has 0 saturated carbocycles. The Hall–Kier alpha value is -2.30. The van der Waals surface area contributed by atoms with E-state index in [-0.39, 0.29) is 11.7 Å². The number of hydrogen-bond donors (Lipinski definition) is 1. The summed E-state index contributed by atoms with van der Waals surface area (Å²) in [7, 11) is 0. The van der Waals surface area contributed by atoms with Gasteiger partial charge in [-0.1, -0.05) is 54.4 Å². The summed E-state index contributed by atoms with van der Waals surface area (Å²) >= 11 is 12.7. The lowest BCUT2D eigenvalue weighted by atomic mass is 9.81. The van der Waals surface area contributed by atoms with Crippen molar-refractivity contribution in [3.63, 3.8) is 0 Å². The summed E-state index contributed by atoms with van der Waals surface area (Å²) in [5.41, 5.74) is 3.13. The van der Waals surface area contributed by atoms with E-state index < -0.39 is 12.0 Å². The van der Waals surface area contributed by atoms with E-state index in [0.717, 1.165) is 22.6 Å². The van der Waals surface area contributed by atoms with Crippen molar-refractivity contribution in [2.45, 2.75) is 38.6 Å². The quantitative estimate of drug-likeness (QED) is 0.636. The molecule has 150 valence electrons. The minimum atomic E-state index is -0.533. The highest BCUT2D eigenvalue weighted by atomic mass is 35.5. The number of allylic oxidation sites excluding steroid dienone is 1. The van der Waals surface area contributed by atoms with E-state index in [9.17, 15) is 9.59 Å². The van der Waals surface area contributed by atoms with E-state index in [4.69, 9.17) is 23.2 Å². The molecular weight excluding hydrogens is 407 g/mol. The Morgan fingerprint density at radius 3 is 2.76 bits per heavy atom. The maximum Gasteiger partial charge on any atom is 0.227 e. The van der Waals surface area contributed by atoms with Gasteiger partial charge in [-0.05, 0) is 42.7 Å². The predicted octanol–water partition coefficient (Wildman–Crippen LogP) is 6.16. The number of carbonyl (C=O) groups is 2. The first-order chi connectivity index (χ1) is 14.0. The van der Waals surface area contributed by atoms with Crippen molar-refractivity contribution < 1.29 is 9.59 Å². The number of nitrogens with zero attached hydrogens (tertiary/aromatic N) is 1. The molecule has 2 aromatic carbocycles. The van der Waals surface area contributed by atoms with Crippen LogP contribution in [0.5, 0.6) is 0 Å². The van der Waals surface area contributed by atoms with Crippen molar-refractivity contribution in [2.24, 2.45) is 5.92 Å². The second-order valence-corrected chi connectivity index (χ2v) is 8.25. The number of nitrogens with one attached hydrogen (secondary N) is 1. The van der Waals surface area contributed by atoms with Gasteiger partial charge in [0.15, 0.2) is 0 Å². The summed E-state index contributed by atoms with van der Waals surface area (Å²) in [6.07, 6.45) is 4.30. The normalized spacial score (nSPS) is 20.9. The third kappa shape index (κ3) is 3.67. The van der Waals surface area contributed by atoms with Crippen molar-refractivity contribution in [2.75, 3.05) is 10.2 Å². The topological polar surface area (TPSA) is 49.4 Å². The van der Waals surface area contributed by atoms with Crippen LogP contribution in [0, 0.1) is 5.92 Å². The van der Waals surface area contributed by atoms with Crippen molar-refractivity contribution in [3.8, 4) is 0 Å². The smallest absolute Gasteiger partial charge is 0.227 e. The number of Topliss-reactive ketones (excluding diaryl/α,β-unsaturated/α-hetero) is 1. The molecule has 0 saturated heterocycles. The largest absolute Gasteiger partial charge is 0.357 e. The molecule has 4 nitrogen and oxygen atoms in total. The van der Waals surface area contributed by atoms with Crippen molar-refractivity contribution >= 4 is 46.3 Å². The van der Waals surface area contributed by atoms with E-state index in [2.05, 4.69) is 11.4 Å². The molecule has 0 bridgehead atoms. The summed E-state index contributed by atoms with van der Waals surface area (Å²) in [5.74, 6) is -0.429. The van der Waals surface area contributed by atoms with Gasteiger partial charge in [0.1, 0.15) is 5.78 Å². The standard InChI is InChI=1S/C23H22Cl2N2O2/c1-2-6-21(29)27-19-9-4-3-7-17(19)26-18-8-5-10-20(28)22(18)23(27)15-12-11-14(24)13-16(15)25/h3-4,7-9,11-13,22-23,26H,2,5-6,10H2,1H3/t22-,23+/m1/s1. The summed E-state index contributed by atoms with van der Waals surface area (Å²) < 4.78 is 0. The van der Waals surface area contributed by atoms with Gasteiger partial charge in [0, 0.05) is 28.6 Å². The zero-order valence-corrected chi connectivity index (χ0v) is 17.6. The molecule has 0 unspecified atom stereocenters. The van der Waals surface area contributed by atoms with E-state index in [1.165, 1.54) is 0 Å². The highest BCUT2D eigenvalue weighted by molar-refractivity contribution is 6.35. The van der Waals surface area contributed by atoms with Crippen LogP contribution in [0.2, 0.25) is 10.0 Å². The third-order valence-electron chi connectivity index (χ3n) is 5.49. The Morgan fingerprint density at radius 2 is 2.00 bits per heavy atom. The van der Waals surface area contributed by atoms with Crippen LogP contribution < -0.4 is 10.2 Å². The molecule has 1 amide bonds. The molecule has 0 radical (unpaired) electrons. The summed E-state index contributed by atoms with van der Waals surface area (Å²) in [5, 5.41) is 4.40. The Balaban J connectivity index is 1.99. The molecular formula is C23H22Cl2N2O2. The Morgan fingerprint density at radius 1 is 1.21 bits per heavy atom. The number of carbonyl (C=O) groups excluding carboxylic acids is 2. The minimum absolute atomic E-state index is 0.0302. The summed E-state index contributed by atoms with van der Waals surface area (Å²) in [6, 6.07) is 12.4. The maximum atomic E-state index is 13.4. The molecule has 2 atom stereocenters. The first kappa shape index (κ1) is 20.0. The number of benzene rings is 2. The summed E-state index contributed by atoms with van der Waals surface area (Å²) in [6.45, 7) is 1.97. The molecule has 1 N–H and O–H groups in total. The van der Waals surface area contributed by atoms with E-state index in [0.29, 0.717) is 35.7 Å². The average molecular weight is 429 g/mol. The zero-order valence-electron chi connectivity index (χ0n) is 16.1. The Bertz CT molecular complexity index is 1000. The number of rotatable bonds is 3. The minimum Gasteiger partial charge on any atom is -0.357 e. The summed E-state index contributed by atoms with van der Waals surface area (Å²) in [4.78, 5) is 28.2. The maximum absolute atomic E-state index is 13.4. The number of ketones is 1. The van der Waals surface area contributed by atoms with Gasteiger partial charge in [0.2, 0.25) is 5.91 Å². The number of fused-ring (bicyclic) bond motifs is 2. The number of hydrogen-bond acceptors (Lipinski definition) is 3. The number of amides is 1. The molecule has 1 aliphatic heterocycles. The Kier molecular flexibility index (Phi) is 5.66. The van der Waals surface area contributed by atoms with E-state index in [1.54, 1.807) is 17.0 Å². The molecule has 2 aromatic rings. The van der Waals surface area contributed by atoms with Crippen LogP contribution in [0.4, 0.5) is 11.4 Å².